The lowest BCUT2D eigenvalue weighted by Gasteiger charge is -2.27. The molecule has 0 spiro atoms. The highest BCUT2D eigenvalue weighted by atomic mass is 16.5. The Balaban J connectivity index is 1.88. The maximum absolute atomic E-state index is 12.0. The standard InChI is InChI=1S/C16H22N2O2/c1-20-16(19)14-8-13(17)6-7-15(14)18(9-11-2-3-11)10-12-4-5-12/h6-8,11-12H,2-5,9-10,17H2,1H3. The number of esters is 1. The molecule has 0 saturated heterocycles. The number of hydrogen-bond donors (Lipinski definition) is 1. The van der Waals surface area contributed by atoms with Crippen molar-refractivity contribution in [3.8, 4) is 0 Å². The number of carbonyl (C=O) groups excluding carboxylic acids is 1. The Labute approximate surface area is 119 Å². The number of hydrogen-bond acceptors (Lipinski definition) is 4. The Hall–Kier alpha value is -1.71. The van der Waals surface area contributed by atoms with Crippen molar-refractivity contribution in [3.05, 3.63) is 23.8 Å². The lowest BCUT2D eigenvalue weighted by Crippen LogP contribution is -2.29. The van der Waals surface area contributed by atoms with E-state index in [0.29, 0.717) is 11.3 Å². The Bertz CT molecular complexity index is 493. The minimum absolute atomic E-state index is 0.302. The number of nitrogen functional groups attached to an aromatic ring is 1. The molecule has 0 unspecified atom stereocenters. The first-order valence-corrected chi connectivity index (χ1v) is 7.40. The molecule has 0 heterocycles. The van der Waals surface area contributed by atoms with Crippen LogP contribution in [0.2, 0.25) is 0 Å². The molecule has 1 aromatic carbocycles. The van der Waals surface area contributed by atoms with Crippen LogP contribution in [0.25, 0.3) is 0 Å². The molecule has 2 N–H and O–H groups in total. The predicted molar refractivity (Wildman–Crippen MR) is 79.9 cm³/mol. The monoisotopic (exact) mass is 274 g/mol. The molecule has 2 aliphatic carbocycles. The second kappa shape index (κ2) is 5.35. The molecule has 0 aliphatic heterocycles. The van der Waals surface area contributed by atoms with Gasteiger partial charge in [-0.15, -0.1) is 0 Å². The van der Waals surface area contributed by atoms with Crippen LogP contribution < -0.4 is 10.6 Å². The molecule has 0 amide bonds. The van der Waals surface area contributed by atoms with Gasteiger partial charge in [0.15, 0.2) is 0 Å². The Morgan fingerprint density at radius 2 is 1.85 bits per heavy atom. The second-order valence-corrected chi connectivity index (χ2v) is 6.06. The van der Waals surface area contributed by atoms with Crippen molar-refractivity contribution in [3.63, 3.8) is 0 Å². The van der Waals surface area contributed by atoms with E-state index in [4.69, 9.17) is 10.5 Å². The third kappa shape index (κ3) is 3.06. The molecule has 20 heavy (non-hydrogen) atoms. The Morgan fingerprint density at radius 1 is 1.25 bits per heavy atom. The van der Waals surface area contributed by atoms with Gasteiger partial charge in [-0.2, -0.15) is 0 Å². The van der Waals surface area contributed by atoms with Gasteiger partial charge in [-0.1, -0.05) is 0 Å². The van der Waals surface area contributed by atoms with Crippen molar-refractivity contribution in [2.24, 2.45) is 11.8 Å². The summed E-state index contributed by atoms with van der Waals surface area (Å²) in [4.78, 5) is 14.4. The van der Waals surface area contributed by atoms with Crippen molar-refractivity contribution in [2.45, 2.75) is 25.7 Å². The second-order valence-electron chi connectivity index (χ2n) is 6.06. The largest absolute Gasteiger partial charge is 0.465 e. The molecule has 0 aromatic heterocycles. The summed E-state index contributed by atoms with van der Waals surface area (Å²) >= 11 is 0. The molecule has 1 aromatic rings. The van der Waals surface area contributed by atoms with Crippen LogP contribution in [0, 0.1) is 11.8 Å². The maximum atomic E-state index is 12.0. The first kappa shape index (κ1) is 13.3. The molecule has 3 rings (SSSR count). The number of ether oxygens (including phenoxy) is 1. The number of benzene rings is 1. The number of nitrogens with two attached hydrogens (primary N) is 1. The minimum atomic E-state index is -0.302. The van der Waals surface area contributed by atoms with E-state index < -0.39 is 0 Å². The van der Waals surface area contributed by atoms with E-state index in [1.807, 2.05) is 12.1 Å². The summed E-state index contributed by atoms with van der Waals surface area (Å²) in [6.07, 6.45) is 5.24. The smallest absolute Gasteiger partial charge is 0.340 e. The van der Waals surface area contributed by atoms with Gasteiger partial charge in [0.1, 0.15) is 0 Å². The van der Waals surface area contributed by atoms with Gasteiger partial charge in [0.25, 0.3) is 0 Å². The highest BCUT2D eigenvalue weighted by Gasteiger charge is 2.31. The average Bonchev–Trinajstić information content (AvgIpc) is 3.32. The first-order chi connectivity index (χ1) is 9.67. The van der Waals surface area contributed by atoms with Crippen LogP contribution in [0.4, 0.5) is 11.4 Å². The van der Waals surface area contributed by atoms with Gasteiger partial charge in [0, 0.05) is 18.8 Å². The lowest BCUT2D eigenvalue weighted by atomic mass is 10.1. The van der Waals surface area contributed by atoms with Gasteiger partial charge in [-0.25, -0.2) is 4.79 Å². The molecule has 0 atom stereocenters. The number of nitrogens with zero attached hydrogens (tertiary/aromatic N) is 1. The molecular weight excluding hydrogens is 252 g/mol. The molecule has 0 radical (unpaired) electrons. The van der Waals surface area contributed by atoms with Crippen LogP contribution in [0.1, 0.15) is 36.0 Å². The predicted octanol–water partition coefficient (Wildman–Crippen LogP) is 2.68. The fraction of sp³-hybridized carbons (Fsp3) is 0.562. The number of methoxy groups -OCH3 is 1. The Morgan fingerprint density at radius 3 is 2.35 bits per heavy atom. The van der Waals surface area contributed by atoms with Gasteiger partial charge >= 0.3 is 5.97 Å². The third-order valence-corrected chi connectivity index (χ3v) is 4.12. The molecule has 4 heteroatoms. The summed E-state index contributed by atoms with van der Waals surface area (Å²) in [6.45, 7) is 2.09. The lowest BCUT2D eigenvalue weighted by molar-refractivity contribution is 0.0601. The number of rotatable bonds is 6. The van der Waals surface area contributed by atoms with E-state index >= 15 is 0 Å². The van der Waals surface area contributed by atoms with Crippen LogP contribution in [-0.2, 0) is 4.74 Å². The Kier molecular flexibility index (Phi) is 3.55. The normalized spacial score (nSPS) is 17.9. The highest BCUT2D eigenvalue weighted by molar-refractivity contribution is 5.97. The molecule has 2 fully saturated rings. The van der Waals surface area contributed by atoms with Crippen LogP contribution >= 0.6 is 0 Å². The average molecular weight is 274 g/mol. The van der Waals surface area contributed by atoms with Crippen molar-refractivity contribution in [2.75, 3.05) is 30.8 Å². The maximum Gasteiger partial charge on any atom is 0.340 e. The van der Waals surface area contributed by atoms with Crippen molar-refractivity contribution in [1.82, 2.24) is 0 Å². The molecule has 2 saturated carbocycles. The summed E-state index contributed by atoms with van der Waals surface area (Å²) in [5.74, 6) is 1.28. The van der Waals surface area contributed by atoms with Gasteiger partial charge < -0.3 is 15.4 Å². The first-order valence-electron chi connectivity index (χ1n) is 7.40. The summed E-state index contributed by atoms with van der Waals surface area (Å²) in [5.41, 5.74) is 7.99. The zero-order valence-electron chi connectivity index (χ0n) is 12.0. The fourth-order valence-electron chi connectivity index (χ4n) is 2.60. The van der Waals surface area contributed by atoms with E-state index in [0.717, 1.165) is 30.6 Å². The van der Waals surface area contributed by atoms with Gasteiger partial charge in [0.2, 0.25) is 0 Å². The fourth-order valence-corrected chi connectivity index (χ4v) is 2.60. The van der Waals surface area contributed by atoms with Crippen LogP contribution in [0.5, 0.6) is 0 Å². The molecule has 108 valence electrons. The molecular formula is C16H22N2O2. The van der Waals surface area contributed by atoms with Gasteiger partial charge in [-0.05, 0) is 55.7 Å². The van der Waals surface area contributed by atoms with E-state index in [2.05, 4.69) is 4.90 Å². The van der Waals surface area contributed by atoms with Crippen molar-refractivity contribution < 1.29 is 9.53 Å². The zero-order chi connectivity index (χ0) is 14.1. The van der Waals surface area contributed by atoms with E-state index in [9.17, 15) is 4.79 Å². The van der Waals surface area contributed by atoms with E-state index in [1.165, 1.54) is 32.8 Å². The van der Waals surface area contributed by atoms with Gasteiger partial charge in [0.05, 0.1) is 18.4 Å². The van der Waals surface area contributed by atoms with Crippen LogP contribution in [0.15, 0.2) is 18.2 Å². The molecule has 2 aliphatic rings. The van der Waals surface area contributed by atoms with Crippen molar-refractivity contribution in [1.29, 1.82) is 0 Å². The zero-order valence-corrected chi connectivity index (χ0v) is 12.0. The van der Waals surface area contributed by atoms with E-state index in [1.54, 1.807) is 6.07 Å². The van der Waals surface area contributed by atoms with Crippen molar-refractivity contribution >= 4 is 17.3 Å². The SMILES string of the molecule is COC(=O)c1cc(N)ccc1N(CC1CC1)CC1CC1. The summed E-state index contributed by atoms with van der Waals surface area (Å²) in [6, 6.07) is 5.56. The number of anilines is 2. The van der Waals surface area contributed by atoms with Crippen LogP contribution in [0.3, 0.4) is 0 Å². The molecule has 0 bridgehead atoms. The quantitative estimate of drug-likeness (QED) is 0.640. The van der Waals surface area contributed by atoms with Crippen LogP contribution in [-0.4, -0.2) is 26.2 Å². The number of carbonyl (C=O) groups is 1. The van der Waals surface area contributed by atoms with E-state index in [-0.39, 0.29) is 5.97 Å². The topological polar surface area (TPSA) is 55.6 Å². The molecule has 4 nitrogen and oxygen atoms in total. The summed E-state index contributed by atoms with van der Waals surface area (Å²) in [7, 11) is 1.42. The third-order valence-electron chi connectivity index (χ3n) is 4.12. The summed E-state index contributed by atoms with van der Waals surface area (Å²) < 4.78 is 4.90. The summed E-state index contributed by atoms with van der Waals surface area (Å²) in [5, 5.41) is 0. The minimum Gasteiger partial charge on any atom is -0.465 e. The highest BCUT2D eigenvalue weighted by Crippen LogP contribution is 2.37. The van der Waals surface area contributed by atoms with Gasteiger partial charge in [-0.3, -0.25) is 0 Å².